The van der Waals surface area contributed by atoms with Gasteiger partial charge >= 0.3 is 0 Å². The Labute approximate surface area is 128 Å². The highest BCUT2D eigenvalue weighted by atomic mass is 35.5. The van der Waals surface area contributed by atoms with Gasteiger partial charge in [-0.15, -0.1) is 6.58 Å². The van der Waals surface area contributed by atoms with Gasteiger partial charge in [0.25, 0.3) is 0 Å². The molecule has 5 heteroatoms. The van der Waals surface area contributed by atoms with E-state index in [9.17, 15) is 9.59 Å². The number of nitriles is 1. The number of rotatable bonds is 6. The molecule has 4 nitrogen and oxygen atoms in total. The van der Waals surface area contributed by atoms with Crippen molar-refractivity contribution in [2.75, 3.05) is 6.54 Å². The summed E-state index contributed by atoms with van der Waals surface area (Å²) in [6.45, 7) is 3.72. The van der Waals surface area contributed by atoms with Crippen molar-refractivity contribution < 1.29 is 9.59 Å². The Balaban J connectivity index is 2.01. The third-order valence-electron chi connectivity index (χ3n) is 3.55. The number of carbonyl (C=O) groups is 2. The smallest absolute Gasteiger partial charge is 0.245 e. The minimum Gasteiger partial charge on any atom is -0.351 e. The Kier molecular flexibility index (Phi) is 4.77. The highest BCUT2D eigenvalue weighted by Crippen LogP contribution is 2.49. The fourth-order valence-electron chi connectivity index (χ4n) is 2.33. The lowest BCUT2D eigenvalue weighted by molar-refractivity contribution is -0.132. The zero-order valence-electron chi connectivity index (χ0n) is 11.4. The molecule has 3 atom stereocenters. The normalized spacial score (nSPS) is 21.0. The Hall–Kier alpha value is -2.12. The standard InChI is InChI=1S/C16H15ClN2O2/c1-2-7-19-16(21)14(9-18)15(20)13-8-12(13)10-3-5-11(17)6-4-10/h2-6,12-14H,1,7-8H2,(H,19,21)/t12-,13+,14+/m1/s1. The van der Waals surface area contributed by atoms with Gasteiger partial charge in [-0.1, -0.05) is 29.8 Å². The highest BCUT2D eigenvalue weighted by Gasteiger charge is 2.47. The lowest BCUT2D eigenvalue weighted by Crippen LogP contribution is -2.35. The third kappa shape index (κ3) is 3.50. The zero-order valence-corrected chi connectivity index (χ0v) is 12.1. The van der Waals surface area contributed by atoms with Gasteiger partial charge in [0.15, 0.2) is 11.7 Å². The van der Waals surface area contributed by atoms with Crippen LogP contribution >= 0.6 is 11.6 Å². The summed E-state index contributed by atoms with van der Waals surface area (Å²) in [7, 11) is 0. The molecule has 0 heterocycles. The van der Waals surface area contributed by atoms with Crippen LogP contribution in [-0.2, 0) is 9.59 Å². The SMILES string of the molecule is C=CCNC(=O)[C@@H](C#N)C(=O)[C@H]1C[C@@H]1c1ccc(Cl)cc1. The van der Waals surface area contributed by atoms with E-state index >= 15 is 0 Å². The second-order valence-electron chi connectivity index (χ2n) is 5.00. The number of amides is 1. The molecule has 1 amide bonds. The van der Waals surface area contributed by atoms with Gasteiger partial charge in [0, 0.05) is 17.5 Å². The van der Waals surface area contributed by atoms with Crippen molar-refractivity contribution in [1.29, 1.82) is 5.26 Å². The second kappa shape index (κ2) is 6.55. The van der Waals surface area contributed by atoms with Crippen molar-refractivity contribution >= 4 is 23.3 Å². The van der Waals surface area contributed by atoms with E-state index in [1.807, 2.05) is 12.1 Å². The first-order valence-electron chi connectivity index (χ1n) is 6.66. The number of benzene rings is 1. The number of halogens is 1. The lowest BCUT2D eigenvalue weighted by atomic mass is 9.98. The van der Waals surface area contributed by atoms with Gasteiger partial charge in [0.2, 0.25) is 5.91 Å². The molecule has 0 unspecified atom stereocenters. The monoisotopic (exact) mass is 302 g/mol. The molecule has 108 valence electrons. The van der Waals surface area contributed by atoms with E-state index in [0.717, 1.165) is 5.56 Å². The van der Waals surface area contributed by atoms with E-state index in [-0.39, 0.29) is 24.2 Å². The quantitative estimate of drug-likeness (QED) is 0.648. The summed E-state index contributed by atoms with van der Waals surface area (Å²) in [6.07, 6.45) is 2.18. The highest BCUT2D eigenvalue weighted by molar-refractivity contribution is 6.30. The van der Waals surface area contributed by atoms with Gasteiger partial charge in [-0.3, -0.25) is 9.59 Å². The summed E-state index contributed by atoms with van der Waals surface area (Å²) in [6, 6.07) is 9.09. The summed E-state index contributed by atoms with van der Waals surface area (Å²) in [4.78, 5) is 24.0. The average molecular weight is 303 g/mol. The first kappa shape index (κ1) is 15.3. The number of hydrogen-bond donors (Lipinski definition) is 1. The molecule has 1 N–H and O–H groups in total. The van der Waals surface area contributed by atoms with Crippen molar-refractivity contribution in [1.82, 2.24) is 5.32 Å². The molecule has 0 bridgehead atoms. The maximum Gasteiger partial charge on any atom is 0.245 e. The van der Waals surface area contributed by atoms with Crippen LogP contribution in [0.25, 0.3) is 0 Å². The van der Waals surface area contributed by atoms with Crippen molar-refractivity contribution in [2.24, 2.45) is 11.8 Å². The van der Waals surface area contributed by atoms with Crippen LogP contribution in [0.5, 0.6) is 0 Å². The minimum absolute atomic E-state index is 0.0813. The molecule has 1 aromatic carbocycles. The first-order valence-corrected chi connectivity index (χ1v) is 7.03. The molecule has 1 aliphatic carbocycles. The fraction of sp³-hybridized carbons (Fsp3) is 0.312. The van der Waals surface area contributed by atoms with Crippen molar-refractivity contribution in [3.8, 4) is 6.07 Å². The van der Waals surface area contributed by atoms with E-state index in [4.69, 9.17) is 16.9 Å². The van der Waals surface area contributed by atoms with Crippen molar-refractivity contribution in [3.05, 3.63) is 47.5 Å². The predicted molar refractivity (Wildman–Crippen MR) is 79.6 cm³/mol. The van der Waals surface area contributed by atoms with Crippen LogP contribution in [0.15, 0.2) is 36.9 Å². The van der Waals surface area contributed by atoms with Gasteiger partial charge in [-0.05, 0) is 30.0 Å². The van der Waals surface area contributed by atoms with E-state index in [0.29, 0.717) is 11.4 Å². The van der Waals surface area contributed by atoms with Crippen LogP contribution in [0.1, 0.15) is 17.9 Å². The fourth-order valence-corrected chi connectivity index (χ4v) is 2.45. The zero-order chi connectivity index (χ0) is 15.4. The second-order valence-corrected chi connectivity index (χ2v) is 5.43. The molecule has 1 aromatic rings. The van der Waals surface area contributed by atoms with E-state index in [2.05, 4.69) is 11.9 Å². The average Bonchev–Trinajstić information content (AvgIpc) is 3.27. The molecule has 2 rings (SSSR count). The predicted octanol–water partition coefficient (Wildman–Crippen LogP) is 2.45. The Morgan fingerprint density at radius 3 is 2.71 bits per heavy atom. The van der Waals surface area contributed by atoms with Crippen LogP contribution in [0.3, 0.4) is 0 Å². The molecule has 0 aliphatic heterocycles. The maximum atomic E-state index is 12.3. The molecule has 0 spiro atoms. The topological polar surface area (TPSA) is 70.0 Å². The van der Waals surface area contributed by atoms with Crippen molar-refractivity contribution in [2.45, 2.75) is 12.3 Å². The van der Waals surface area contributed by atoms with E-state index < -0.39 is 11.8 Å². The first-order chi connectivity index (χ1) is 10.1. The molecule has 0 saturated heterocycles. The Morgan fingerprint density at radius 2 is 2.14 bits per heavy atom. The lowest BCUT2D eigenvalue weighted by Gasteiger charge is -2.08. The van der Waals surface area contributed by atoms with Crippen LogP contribution in [0.4, 0.5) is 0 Å². The number of nitrogens with one attached hydrogen (secondary N) is 1. The molecule has 1 aliphatic rings. The molecule has 0 aromatic heterocycles. The Bertz CT molecular complexity index is 604. The van der Waals surface area contributed by atoms with Crippen molar-refractivity contribution in [3.63, 3.8) is 0 Å². The summed E-state index contributed by atoms with van der Waals surface area (Å²) in [5, 5.41) is 12.2. The van der Waals surface area contributed by atoms with E-state index in [1.165, 1.54) is 6.08 Å². The molecule has 1 fully saturated rings. The minimum atomic E-state index is -1.24. The number of nitrogens with zero attached hydrogens (tertiary/aromatic N) is 1. The van der Waals surface area contributed by atoms with Crippen LogP contribution in [0, 0.1) is 23.2 Å². The van der Waals surface area contributed by atoms with E-state index in [1.54, 1.807) is 18.2 Å². The third-order valence-corrected chi connectivity index (χ3v) is 3.80. The van der Waals surface area contributed by atoms with Gasteiger partial charge in [0.05, 0.1) is 6.07 Å². The van der Waals surface area contributed by atoms with Gasteiger partial charge in [-0.25, -0.2) is 0 Å². The van der Waals surface area contributed by atoms with Crippen LogP contribution in [-0.4, -0.2) is 18.2 Å². The van der Waals surface area contributed by atoms with Gasteiger partial charge in [-0.2, -0.15) is 5.26 Å². The molecule has 1 saturated carbocycles. The Morgan fingerprint density at radius 1 is 1.48 bits per heavy atom. The van der Waals surface area contributed by atoms with Crippen LogP contribution in [0.2, 0.25) is 5.02 Å². The molecular formula is C16H15ClN2O2. The maximum absolute atomic E-state index is 12.3. The summed E-state index contributed by atoms with van der Waals surface area (Å²) in [5.41, 5.74) is 1.01. The van der Waals surface area contributed by atoms with Gasteiger partial charge < -0.3 is 5.32 Å². The largest absolute Gasteiger partial charge is 0.351 e. The number of ketones is 1. The molecular weight excluding hydrogens is 288 g/mol. The number of Topliss-reactive ketones (excluding diaryl/α,β-unsaturated/α-hetero) is 1. The molecule has 21 heavy (non-hydrogen) atoms. The summed E-state index contributed by atoms with van der Waals surface area (Å²) < 4.78 is 0. The number of carbonyl (C=O) groups excluding carboxylic acids is 2. The van der Waals surface area contributed by atoms with Gasteiger partial charge in [0.1, 0.15) is 0 Å². The number of hydrogen-bond acceptors (Lipinski definition) is 3. The summed E-state index contributed by atoms with van der Waals surface area (Å²) >= 11 is 5.83. The summed E-state index contributed by atoms with van der Waals surface area (Å²) in [5.74, 6) is -2.28. The van der Waals surface area contributed by atoms with Crippen LogP contribution < -0.4 is 5.32 Å². The molecule has 0 radical (unpaired) electrons.